The fourth-order valence-corrected chi connectivity index (χ4v) is 8.16. The lowest BCUT2D eigenvalue weighted by atomic mass is 9.88. The molecule has 0 unspecified atom stereocenters. The maximum atomic E-state index is 16.8. The minimum atomic E-state index is -0.892. The molecule has 6 heterocycles. The minimum absolute atomic E-state index is 0.0234. The van der Waals surface area contributed by atoms with E-state index in [0.29, 0.717) is 59.2 Å². The van der Waals surface area contributed by atoms with Crippen LogP contribution in [0.25, 0.3) is 32.9 Å². The maximum Gasteiger partial charge on any atom is 0.319 e. The van der Waals surface area contributed by atoms with Crippen LogP contribution in [0.2, 0.25) is 0 Å². The number of benzene rings is 2. The van der Waals surface area contributed by atoms with Crippen molar-refractivity contribution < 1.29 is 23.4 Å². The van der Waals surface area contributed by atoms with Gasteiger partial charge in [-0.3, -0.25) is 9.88 Å². The number of alkyl halides is 1. The van der Waals surface area contributed by atoms with Crippen LogP contribution in [-0.2, 0) is 4.74 Å². The predicted octanol–water partition coefficient (Wildman–Crippen LogP) is 5.78. The molecule has 4 saturated heterocycles. The zero-order valence-corrected chi connectivity index (χ0v) is 25.1. The van der Waals surface area contributed by atoms with E-state index >= 15 is 4.39 Å². The van der Waals surface area contributed by atoms with Crippen molar-refractivity contribution in [3.8, 4) is 35.4 Å². The number of halogens is 2. The third kappa shape index (κ3) is 4.75. The van der Waals surface area contributed by atoms with Crippen LogP contribution in [0.15, 0.2) is 36.5 Å². The maximum absolute atomic E-state index is 16.8. The lowest BCUT2D eigenvalue weighted by Gasteiger charge is -2.39. The van der Waals surface area contributed by atoms with Gasteiger partial charge in [-0.05, 0) is 68.7 Å². The molecule has 8 nitrogen and oxygen atoms in total. The summed E-state index contributed by atoms with van der Waals surface area (Å²) in [7, 11) is 0. The quantitative estimate of drug-likeness (QED) is 0.285. The molecule has 0 aliphatic carbocycles. The highest BCUT2D eigenvalue weighted by atomic mass is 19.1. The lowest BCUT2D eigenvalue weighted by molar-refractivity contribution is -0.0146. The number of aromatic nitrogens is 3. The summed E-state index contributed by atoms with van der Waals surface area (Å²) in [6, 6.07) is 8.53. The first-order valence-electron chi connectivity index (χ1n) is 15.9. The number of anilines is 1. The van der Waals surface area contributed by atoms with Crippen molar-refractivity contribution in [3.63, 3.8) is 0 Å². The Bertz CT molecular complexity index is 1850. The molecule has 10 heteroatoms. The topological polar surface area (TPSA) is 83.8 Å². The number of aromatic hydroxyl groups is 1. The SMILES string of the molecule is C#Cc1cccc2cc(O)cc(-c3ncc4c(N5CCC6(CCCO6)CC5)nc(OC[C@@]56CCCN5C[C@H](F)C6)nc4c3F)c12. The van der Waals surface area contributed by atoms with E-state index in [-0.39, 0.29) is 35.2 Å². The van der Waals surface area contributed by atoms with E-state index in [1.165, 1.54) is 6.07 Å². The number of piperidine rings is 1. The normalized spacial score (nSPS) is 24.5. The van der Waals surface area contributed by atoms with E-state index in [9.17, 15) is 9.50 Å². The minimum Gasteiger partial charge on any atom is -0.508 e. The number of nitrogens with zero attached hydrogens (tertiary/aromatic N) is 5. The average Bonchev–Trinajstić information content (AvgIpc) is 3.74. The summed E-state index contributed by atoms with van der Waals surface area (Å²) in [5, 5.41) is 12.3. The van der Waals surface area contributed by atoms with Gasteiger partial charge in [-0.1, -0.05) is 18.1 Å². The van der Waals surface area contributed by atoms with Gasteiger partial charge in [0, 0.05) is 55.4 Å². The molecule has 0 saturated carbocycles. The largest absolute Gasteiger partial charge is 0.508 e. The Balaban J connectivity index is 1.24. The number of fused-ring (bicyclic) bond motifs is 3. The summed E-state index contributed by atoms with van der Waals surface area (Å²) >= 11 is 0. The van der Waals surface area contributed by atoms with Crippen LogP contribution in [0.3, 0.4) is 0 Å². The van der Waals surface area contributed by atoms with Crippen molar-refractivity contribution in [1.29, 1.82) is 0 Å². The van der Waals surface area contributed by atoms with Crippen LogP contribution >= 0.6 is 0 Å². The van der Waals surface area contributed by atoms with Crippen molar-refractivity contribution in [2.24, 2.45) is 0 Å². The van der Waals surface area contributed by atoms with Crippen molar-refractivity contribution in [1.82, 2.24) is 19.9 Å². The van der Waals surface area contributed by atoms with Gasteiger partial charge in [-0.2, -0.15) is 9.97 Å². The van der Waals surface area contributed by atoms with Crippen molar-refractivity contribution in [2.75, 3.05) is 44.3 Å². The molecule has 1 spiro atoms. The van der Waals surface area contributed by atoms with Gasteiger partial charge in [0.05, 0.1) is 16.5 Å². The molecule has 2 atom stereocenters. The van der Waals surface area contributed by atoms with Crippen molar-refractivity contribution in [3.05, 3.63) is 47.9 Å². The second-order valence-corrected chi connectivity index (χ2v) is 13.0. The number of rotatable bonds is 5. The molecule has 4 aromatic rings. The highest BCUT2D eigenvalue weighted by molar-refractivity contribution is 6.02. The van der Waals surface area contributed by atoms with E-state index < -0.39 is 17.5 Å². The van der Waals surface area contributed by atoms with E-state index in [1.54, 1.807) is 24.4 Å². The van der Waals surface area contributed by atoms with E-state index in [0.717, 1.165) is 51.7 Å². The average molecular weight is 612 g/mol. The molecule has 0 radical (unpaired) electrons. The monoisotopic (exact) mass is 611 g/mol. The number of hydrogen-bond donors (Lipinski definition) is 1. The van der Waals surface area contributed by atoms with Gasteiger partial charge < -0.3 is 19.5 Å². The Kier molecular flexibility index (Phi) is 6.80. The summed E-state index contributed by atoms with van der Waals surface area (Å²) in [5.74, 6) is 2.55. The molecule has 2 aromatic heterocycles. The van der Waals surface area contributed by atoms with Gasteiger partial charge in [0.15, 0.2) is 5.82 Å². The van der Waals surface area contributed by atoms with Gasteiger partial charge in [0.1, 0.15) is 35.6 Å². The Morgan fingerprint density at radius 3 is 2.78 bits per heavy atom. The fourth-order valence-electron chi connectivity index (χ4n) is 8.16. The lowest BCUT2D eigenvalue weighted by Crippen LogP contribution is -2.44. The second kappa shape index (κ2) is 10.8. The molecule has 8 rings (SSSR count). The van der Waals surface area contributed by atoms with Crippen LogP contribution in [-0.4, -0.2) is 81.7 Å². The molecule has 2 aromatic carbocycles. The molecule has 45 heavy (non-hydrogen) atoms. The van der Waals surface area contributed by atoms with Gasteiger partial charge in [-0.25, -0.2) is 8.78 Å². The molecule has 232 valence electrons. The third-order valence-electron chi connectivity index (χ3n) is 10.4. The third-order valence-corrected chi connectivity index (χ3v) is 10.4. The Labute approximate surface area is 260 Å². The first-order chi connectivity index (χ1) is 21.9. The smallest absolute Gasteiger partial charge is 0.319 e. The van der Waals surface area contributed by atoms with Crippen molar-refractivity contribution >= 4 is 27.5 Å². The zero-order valence-electron chi connectivity index (χ0n) is 25.1. The molecular weight excluding hydrogens is 576 g/mol. The summed E-state index contributed by atoms with van der Waals surface area (Å²) in [5.41, 5.74) is 0.535. The Hall–Kier alpha value is -4.07. The summed E-state index contributed by atoms with van der Waals surface area (Å²) < 4.78 is 43.7. The van der Waals surface area contributed by atoms with E-state index in [1.807, 2.05) is 6.07 Å². The first kappa shape index (κ1) is 28.4. The Morgan fingerprint density at radius 1 is 1.11 bits per heavy atom. The number of phenols is 1. The highest BCUT2D eigenvalue weighted by Gasteiger charge is 2.49. The summed E-state index contributed by atoms with van der Waals surface area (Å²) in [4.78, 5) is 18.3. The summed E-state index contributed by atoms with van der Waals surface area (Å²) in [6.45, 7) is 3.66. The molecule has 4 fully saturated rings. The number of ether oxygens (including phenoxy) is 2. The molecule has 4 aliphatic heterocycles. The Morgan fingerprint density at radius 2 is 1.98 bits per heavy atom. The molecule has 0 amide bonds. The molecule has 0 bridgehead atoms. The zero-order chi connectivity index (χ0) is 30.8. The van der Waals surface area contributed by atoms with Crippen molar-refractivity contribution in [2.45, 2.75) is 62.3 Å². The molecule has 1 N–H and O–H groups in total. The number of phenolic OH excluding ortho intramolecular Hbond substituents is 1. The van der Waals surface area contributed by atoms with E-state index in [2.05, 4.69) is 25.7 Å². The number of terminal acetylenes is 1. The van der Waals surface area contributed by atoms with Crippen LogP contribution in [0, 0.1) is 18.2 Å². The predicted molar refractivity (Wildman–Crippen MR) is 168 cm³/mol. The second-order valence-electron chi connectivity index (χ2n) is 13.0. The van der Waals surface area contributed by atoms with Crippen LogP contribution in [0.4, 0.5) is 14.6 Å². The van der Waals surface area contributed by atoms with E-state index in [4.69, 9.17) is 20.9 Å². The standard InChI is InChI=1S/C35H35F2N5O3/c1-2-22-6-3-7-23-16-25(43)17-26(28(22)23)30-29(37)31-27(19-38-30)32(41-13-10-35(11-14-41)9-5-15-45-35)40-33(39-31)44-21-34-8-4-12-42(34)20-24(36)18-34/h1,3,6-7,16-17,19,24,43H,4-5,8-15,18,20-21H2/t24-,34+/m1/s1. The number of pyridine rings is 1. The first-order valence-corrected chi connectivity index (χ1v) is 15.9. The summed E-state index contributed by atoms with van der Waals surface area (Å²) in [6.07, 6.45) is 12.6. The van der Waals surface area contributed by atoms with Crippen LogP contribution < -0.4 is 9.64 Å². The van der Waals surface area contributed by atoms with Gasteiger partial charge in [-0.15, -0.1) is 6.42 Å². The highest BCUT2D eigenvalue weighted by Crippen LogP contribution is 2.43. The van der Waals surface area contributed by atoms with Gasteiger partial charge in [0.25, 0.3) is 0 Å². The molecule has 4 aliphatic rings. The van der Waals surface area contributed by atoms with Gasteiger partial charge >= 0.3 is 6.01 Å². The van der Waals surface area contributed by atoms with Gasteiger partial charge in [0.2, 0.25) is 0 Å². The fraction of sp³-hybridized carbons (Fsp3) is 0.457. The van der Waals surface area contributed by atoms with Crippen LogP contribution in [0.1, 0.15) is 50.5 Å². The molecular formula is C35H35F2N5O3. The number of hydrogen-bond acceptors (Lipinski definition) is 8. The van der Waals surface area contributed by atoms with Crippen LogP contribution in [0.5, 0.6) is 11.8 Å².